The number of benzene rings is 1. The minimum atomic E-state index is -3.10. The molecule has 1 heterocycles. The number of alkyl halides is 2. The molecule has 1 aliphatic rings. The summed E-state index contributed by atoms with van der Waals surface area (Å²) >= 11 is 0. The van der Waals surface area contributed by atoms with Gasteiger partial charge in [0.15, 0.2) is 0 Å². The summed E-state index contributed by atoms with van der Waals surface area (Å²) in [5.74, 6) is -1.58. The summed E-state index contributed by atoms with van der Waals surface area (Å²) in [5.41, 5.74) is -0.0476. The monoisotopic (exact) mass is 288 g/mol. The topological polar surface area (TPSA) is 41.6 Å². The molecule has 0 bridgehead atoms. The molecule has 1 aromatic rings. The van der Waals surface area contributed by atoms with E-state index in [2.05, 4.69) is 10.1 Å². The largest absolute Gasteiger partial charge is 0.434 e. The number of rotatable bonds is 3. The average molecular weight is 288 g/mol. The zero-order chi connectivity index (χ0) is 14.5. The van der Waals surface area contributed by atoms with Gasteiger partial charge in [0.1, 0.15) is 11.6 Å². The van der Waals surface area contributed by atoms with Crippen LogP contribution in [0.5, 0.6) is 5.75 Å². The standard InChI is InChI=1S/C13H15F3N2O2/c14-9-2-3-10(11(8-9)20-13(15)16)12(19)18-6-1-4-17-5-7-18/h2-3,8,13,17H,1,4-7H2. The number of amides is 1. The van der Waals surface area contributed by atoms with Crippen LogP contribution >= 0.6 is 0 Å². The second kappa shape index (κ2) is 6.60. The van der Waals surface area contributed by atoms with E-state index >= 15 is 0 Å². The van der Waals surface area contributed by atoms with Gasteiger partial charge in [0.2, 0.25) is 0 Å². The van der Waals surface area contributed by atoms with Gasteiger partial charge in [0.05, 0.1) is 5.56 Å². The minimum absolute atomic E-state index is 0.0476. The molecule has 1 amide bonds. The van der Waals surface area contributed by atoms with Crippen molar-refractivity contribution in [2.75, 3.05) is 26.2 Å². The van der Waals surface area contributed by atoms with E-state index < -0.39 is 24.1 Å². The van der Waals surface area contributed by atoms with Crippen molar-refractivity contribution >= 4 is 5.91 Å². The summed E-state index contributed by atoms with van der Waals surface area (Å²) in [5, 5.41) is 3.13. The van der Waals surface area contributed by atoms with E-state index in [9.17, 15) is 18.0 Å². The summed E-state index contributed by atoms with van der Waals surface area (Å²) in [6, 6.07) is 3.03. The number of hydrogen-bond acceptors (Lipinski definition) is 3. The molecule has 1 aromatic carbocycles. The van der Waals surface area contributed by atoms with Crippen LogP contribution in [0.3, 0.4) is 0 Å². The number of halogens is 3. The van der Waals surface area contributed by atoms with Crippen LogP contribution in [0.4, 0.5) is 13.2 Å². The first-order valence-corrected chi connectivity index (χ1v) is 6.32. The van der Waals surface area contributed by atoms with Crippen LogP contribution in [-0.4, -0.2) is 43.6 Å². The lowest BCUT2D eigenvalue weighted by Crippen LogP contribution is -2.34. The lowest BCUT2D eigenvalue weighted by Gasteiger charge is -2.21. The lowest BCUT2D eigenvalue weighted by atomic mass is 10.1. The van der Waals surface area contributed by atoms with E-state index in [0.717, 1.165) is 25.1 Å². The Morgan fingerprint density at radius 3 is 2.85 bits per heavy atom. The molecule has 0 spiro atoms. The van der Waals surface area contributed by atoms with Crippen molar-refractivity contribution in [1.82, 2.24) is 10.2 Å². The fourth-order valence-corrected chi connectivity index (χ4v) is 2.09. The van der Waals surface area contributed by atoms with Crippen LogP contribution in [0, 0.1) is 5.82 Å². The van der Waals surface area contributed by atoms with Gasteiger partial charge in [0, 0.05) is 25.7 Å². The van der Waals surface area contributed by atoms with E-state index in [1.165, 1.54) is 6.07 Å². The van der Waals surface area contributed by atoms with E-state index in [1.807, 2.05) is 0 Å². The van der Waals surface area contributed by atoms with E-state index in [1.54, 1.807) is 4.90 Å². The van der Waals surface area contributed by atoms with Crippen molar-refractivity contribution in [3.05, 3.63) is 29.6 Å². The Kier molecular flexibility index (Phi) is 4.84. The Hall–Kier alpha value is -1.76. The molecule has 7 heteroatoms. The van der Waals surface area contributed by atoms with Crippen LogP contribution in [0.1, 0.15) is 16.8 Å². The maximum Gasteiger partial charge on any atom is 0.387 e. The number of carbonyl (C=O) groups is 1. The quantitative estimate of drug-likeness (QED) is 0.923. The number of nitrogens with one attached hydrogen (secondary N) is 1. The van der Waals surface area contributed by atoms with Crippen molar-refractivity contribution in [1.29, 1.82) is 0 Å². The highest BCUT2D eigenvalue weighted by Crippen LogP contribution is 2.23. The van der Waals surface area contributed by atoms with Crippen LogP contribution in [-0.2, 0) is 0 Å². The molecule has 0 radical (unpaired) electrons. The highest BCUT2D eigenvalue weighted by Gasteiger charge is 2.22. The van der Waals surface area contributed by atoms with Gasteiger partial charge >= 0.3 is 6.61 Å². The third-order valence-corrected chi connectivity index (χ3v) is 3.02. The summed E-state index contributed by atoms with van der Waals surface area (Å²) in [4.78, 5) is 13.9. The molecule has 0 aromatic heterocycles. The van der Waals surface area contributed by atoms with Gasteiger partial charge in [-0.2, -0.15) is 8.78 Å². The van der Waals surface area contributed by atoms with E-state index in [4.69, 9.17) is 0 Å². The number of carbonyl (C=O) groups excluding carboxylic acids is 1. The van der Waals surface area contributed by atoms with Gasteiger partial charge in [-0.15, -0.1) is 0 Å². The molecule has 20 heavy (non-hydrogen) atoms. The Morgan fingerprint density at radius 1 is 1.30 bits per heavy atom. The Bertz CT molecular complexity index is 475. The molecular formula is C13H15F3N2O2. The number of nitrogens with zero attached hydrogens (tertiary/aromatic N) is 1. The molecule has 0 saturated carbocycles. The molecular weight excluding hydrogens is 273 g/mol. The molecule has 110 valence electrons. The molecule has 1 saturated heterocycles. The van der Waals surface area contributed by atoms with E-state index in [0.29, 0.717) is 19.6 Å². The zero-order valence-electron chi connectivity index (χ0n) is 10.7. The Labute approximate surface area is 114 Å². The first-order valence-electron chi connectivity index (χ1n) is 6.32. The Balaban J connectivity index is 2.23. The molecule has 1 aliphatic heterocycles. The van der Waals surface area contributed by atoms with E-state index in [-0.39, 0.29) is 5.56 Å². The number of hydrogen-bond donors (Lipinski definition) is 1. The molecule has 4 nitrogen and oxygen atoms in total. The summed E-state index contributed by atoms with van der Waals surface area (Å²) in [6.45, 7) is -0.665. The molecule has 0 unspecified atom stereocenters. The van der Waals surface area contributed by atoms with Crippen molar-refractivity contribution in [3.63, 3.8) is 0 Å². The van der Waals surface area contributed by atoms with Crippen LogP contribution in [0.15, 0.2) is 18.2 Å². The van der Waals surface area contributed by atoms with Gasteiger partial charge in [-0.3, -0.25) is 4.79 Å². The maximum absolute atomic E-state index is 13.1. The molecule has 1 N–H and O–H groups in total. The SMILES string of the molecule is O=C(c1ccc(F)cc1OC(F)F)N1CCCNCC1. The normalized spacial score (nSPS) is 16.1. The second-order valence-electron chi connectivity index (χ2n) is 4.41. The fourth-order valence-electron chi connectivity index (χ4n) is 2.09. The van der Waals surface area contributed by atoms with Gasteiger partial charge < -0.3 is 15.0 Å². The summed E-state index contributed by atoms with van der Waals surface area (Å²) < 4.78 is 42.0. The number of ether oxygens (including phenoxy) is 1. The molecule has 0 atom stereocenters. The van der Waals surface area contributed by atoms with Gasteiger partial charge in [0.25, 0.3) is 5.91 Å². The third kappa shape index (κ3) is 3.63. The van der Waals surface area contributed by atoms with Crippen LogP contribution < -0.4 is 10.1 Å². The van der Waals surface area contributed by atoms with Crippen molar-refractivity contribution < 1.29 is 22.7 Å². The predicted molar refractivity (Wildman–Crippen MR) is 66.4 cm³/mol. The van der Waals surface area contributed by atoms with Gasteiger partial charge in [-0.1, -0.05) is 0 Å². The van der Waals surface area contributed by atoms with Gasteiger partial charge in [-0.25, -0.2) is 4.39 Å². The first kappa shape index (κ1) is 14.6. The third-order valence-electron chi connectivity index (χ3n) is 3.02. The molecule has 2 rings (SSSR count). The Morgan fingerprint density at radius 2 is 2.10 bits per heavy atom. The van der Waals surface area contributed by atoms with Crippen LogP contribution in [0.2, 0.25) is 0 Å². The van der Waals surface area contributed by atoms with Gasteiger partial charge in [-0.05, 0) is 25.1 Å². The summed E-state index contributed by atoms with van der Waals surface area (Å²) in [7, 11) is 0. The van der Waals surface area contributed by atoms with Crippen LogP contribution in [0.25, 0.3) is 0 Å². The highest BCUT2D eigenvalue weighted by molar-refractivity contribution is 5.97. The zero-order valence-corrected chi connectivity index (χ0v) is 10.7. The minimum Gasteiger partial charge on any atom is -0.434 e. The molecule has 1 fully saturated rings. The van der Waals surface area contributed by atoms with Crippen molar-refractivity contribution in [2.45, 2.75) is 13.0 Å². The first-order chi connectivity index (χ1) is 9.58. The predicted octanol–water partition coefficient (Wildman–Crippen LogP) is 1.86. The highest BCUT2D eigenvalue weighted by atomic mass is 19.3. The molecule has 0 aliphatic carbocycles. The summed E-state index contributed by atoms with van der Waals surface area (Å²) in [6.07, 6.45) is 0.776. The van der Waals surface area contributed by atoms with Crippen molar-refractivity contribution in [3.8, 4) is 5.75 Å². The second-order valence-corrected chi connectivity index (χ2v) is 4.41. The smallest absolute Gasteiger partial charge is 0.387 e. The average Bonchev–Trinajstić information content (AvgIpc) is 2.66. The maximum atomic E-state index is 13.1. The fraction of sp³-hybridized carbons (Fsp3) is 0.462. The lowest BCUT2D eigenvalue weighted by molar-refractivity contribution is -0.0504. The van der Waals surface area contributed by atoms with Crippen molar-refractivity contribution in [2.24, 2.45) is 0 Å².